The van der Waals surface area contributed by atoms with Gasteiger partial charge in [0.05, 0.1) is 18.1 Å². The zero-order valence-corrected chi connectivity index (χ0v) is 9.58. The van der Waals surface area contributed by atoms with Crippen LogP contribution in [0.25, 0.3) is 0 Å². The Labute approximate surface area is 90.8 Å². The Morgan fingerprint density at radius 1 is 1.33 bits per heavy atom. The number of ether oxygens (including phenoxy) is 1. The molecule has 2 fully saturated rings. The van der Waals surface area contributed by atoms with Crippen molar-refractivity contribution in [3.8, 4) is 0 Å². The third-order valence-corrected chi connectivity index (χ3v) is 4.37. The minimum atomic E-state index is -0.794. The van der Waals surface area contributed by atoms with Gasteiger partial charge in [-0.25, -0.2) is 0 Å². The normalized spacial score (nSPS) is 38.5. The van der Waals surface area contributed by atoms with Gasteiger partial charge in [0.2, 0.25) is 0 Å². The van der Waals surface area contributed by atoms with Crippen LogP contribution in [-0.2, 0) is 9.53 Å². The van der Waals surface area contributed by atoms with E-state index < -0.39 is 11.0 Å². The number of esters is 1. The highest BCUT2D eigenvalue weighted by Gasteiger charge is 2.69. The van der Waals surface area contributed by atoms with E-state index in [4.69, 9.17) is 4.74 Å². The molecule has 86 valence electrons. The summed E-state index contributed by atoms with van der Waals surface area (Å²) >= 11 is 0. The van der Waals surface area contributed by atoms with Crippen molar-refractivity contribution < 1.29 is 14.6 Å². The average molecular weight is 212 g/mol. The number of hydrogen-bond donors (Lipinski definition) is 1. The number of carbonyl (C=O) groups excluding carboxylic acids is 1. The summed E-state index contributed by atoms with van der Waals surface area (Å²) in [6.45, 7) is 2.03. The van der Waals surface area contributed by atoms with E-state index in [2.05, 4.69) is 0 Å². The van der Waals surface area contributed by atoms with Gasteiger partial charge in [0, 0.05) is 0 Å². The van der Waals surface area contributed by atoms with Gasteiger partial charge in [0.25, 0.3) is 0 Å². The Kier molecular flexibility index (Phi) is 2.53. The summed E-state index contributed by atoms with van der Waals surface area (Å²) in [5.74, 6) is 0.0625. The maximum Gasteiger partial charge on any atom is 0.315 e. The molecule has 15 heavy (non-hydrogen) atoms. The SMILES string of the molecule is COC(=O)C1(C2(O)CCCCC2)CC1C. The molecule has 2 unspecified atom stereocenters. The maximum atomic E-state index is 11.8. The van der Waals surface area contributed by atoms with Crippen LogP contribution >= 0.6 is 0 Å². The lowest BCUT2D eigenvalue weighted by atomic mass is 9.72. The molecule has 2 atom stereocenters. The van der Waals surface area contributed by atoms with E-state index in [0.717, 1.165) is 32.1 Å². The van der Waals surface area contributed by atoms with E-state index in [-0.39, 0.29) is 11.9 Å². The van der Waals surface area contributed by atoms with Crippen molar-refractivity contribution in [2.24, 2.45) is 11.3 Å². The van der Waals surface area contributed by atoms with Gasteiger partial charge < -0.3 is 9.84 Å². The van der Waals surface area contributed by atoms with Crippen molar-refractivity contribution in [3.05, 3.63) is 0 Å². The monoisotopic (exact) mass is 212 g/mol. The highest BCUT2D eigenvalue weighted by molar-refractivity contribution is 5.82. The van der Waals surface area contributed by atoms with Crippen molar-refractivity contribution in [1.82, 2.24) is 0 Å². The fraction of sp³-hybridized carbons (Fsp3) is 0.917. The second-order valence-corrected chi connectivity index (χ2v) is 5.16. The van der Waals surface area contributed by atoms with Gasteiger partial charge in [0.1, 0.15) is 0 Å². The first-order chi connectivity index (χ1) is 7.07. The molecule has 0 radical (unpaired) electrons. The molecule has 0 aliphatic heterocycles. The lowest BCUT2D eigenvalue weighted by Crippen LogP contribution is -2.47. The van der Waals surface area contributed by atoms with E-state index >= 15 is 0 Å². The third-order valence-electron chi connectivity index (χ3n) is 4.37. The molecule has 2 aliphatic rings. The Bertz CT molecular complexity index is 268. The van der Waals surface area contributed by atoms with Gasteiger partial charge in [-0.15, -0.1) is 0 Å². The fourth-order valence-electron chi connectivity index (χ4n) is 3.31. The molecule has 0 aromatic carbocycles. The molecule has 2 aliphatic carbocycles. The van der Waals surface area contributed by atoms with Crippen LogP contribution in [0.3, 0.4) is 0 Å². The summed E-state index contributed by atoms with van der Waals surface area (Å²) < 4.78 is 4.87. The maximum absolute atomic E-state index is 11.8. The zero-order chi connectivity index (χ0) is 11.1. The number of hydrogen-bond acceptors (Lipinski definition) is 3. The van der Waals surface area contributed by atoms with Gasteiger partial charge in [-0.05, 0) is 25.2 Å². The van der Waals surface area contributed by atoms with Crippen LogP contribution in [0.1, 0.15) is 45.4 Å². The Morgan fingerprint density at radius 3 is 2.27 bits per heavy atom. The Morgan fingerprint density at radius 2 is 1.87 bits per heavy atom. The topological polar surface area (TPSA) is 46.5 Å². The summed E-state index contributed by atoms with van der Waals surface area (Å²) in [7, 11) is 1.42. The molecule has 0 spiro atoms. The van der Waals surface area contributed by atoms with E-state index in [9.17, 15) is 9.90 Å². The third kappa shape index (κ3) is 1.40. The van der Waals surface area contributed by atoms with Crippen molar-refractivity contribution in [1.29, 1.82) is 0 Å². The van der Waals surface area contributed by atoms with Crippen molar-refractivity contribution in [2.45, 2.75) is 51.0 Å². The minimum Gasteiger partial charge on any atom is -0.468 e. The molecule has 1 N–H and O–H groups in total. The summed E-state index contributed by atoms with van der Waals surface area (Å²) in [4.78, 5) is 11.8. The molecule has 0 heterocycles. The van der Waals surface area contributed by atoms with Crippen LogP contribution < -0.4 is 0 Å². The summed E-state index contributed by atoms with van der Waals surface area (Å²) in [6.07, 6.45) is 5.53. The van der Waals surface area contributed by atoms with Crippen molar-refractivity contribution in [2.75, 3.05) is 7.11 Å². The largest absolute Gasteiger partial charge is 0.468 e. The van der Waals surface area contributed by atoms with E-state index in [1.54, 1.807) is 0 Å². The van der Waals surface area contributed by atoms with Gasteiger partial charge in [-0.2, -0.15) is 0 Å². The fourth-order valence-corrected chi connectivity index (χ4v) is 3.31. The van der Waals surface area contributed by atoms with Gasteiger partial charge in [-0.1, -0.05) is 26.2 Å². The molecule has 3 nitrogen and oxygen atoms in total. The highest BCUT2D eigenvalue weighted by atomic mass is 16.5. The van der Waals surface area contributed by atoms with Crippen molar-refractivity contribution in [3.63, 3.8) is 0 Å². The summed E-state index contributed by atoms with van der Waals surface area (Å²) in [5, 5.41) is 10.6. The lowest BCUT2D eigenvalue weighted by Gasteiger charge is -2.38. The predicted molar refractivity (Wildman–Crippen MR) is 56.3 cm³/mol. The van der Waals surface area contributed by atoms with Crippen molar-refractivity contribution >= 4 is 5.97 Å². The molecular weight excluding hydrogens is 192 g/mol. The van der Waals surface area contributed by atoms with Crippen LogP contribution in [0.5, 0.6) is 0 Å². The number of rotatable bonds is 2. The molecule has 3 heteroatoms. The standard InChI is InChI=1S/C12H20O3/c1-9-8-12(9,10(13)15-2)11(14)6-4-3-5-7-11/h9,14H,3-8H2,1-2H3. The molecule has 2 saturated carbocycles. The van der Waals surface area contributed by atoms with Crippen LogP contribution in [0.2, 0.25) is 0 Å². The average Bonchev–Trinajstić information content (AvgIpc) is 2.92. The first-order valence-corrected chi connectivity index (χ1v) is 5.88. The molecule has 0 saturated heterocycles. The number of aliphatic hydroxyl groups is 1. The minimum absolute atomic E-state index is 0.209. The van der Waals surface area contributed by atoms with Gasteiger partial charge >= 0.3 is 5.97 Å². The first kappa shape index (κ1) is 10.9. The Balaban J connectivity index is 2.22. The van der Waals surface area contributed by atoms with Gasteiger partial charge in [-0.3, -0.25) is 4.79 Å². The number of methoxy groups -OCH3 is 1. The Hall–Kier alpha value is -0.570. The second kappa shape index (κ2) is 3.48. The smallest absolute Gasteiger partial charge is 0.315 e. The number of carbonyl (C=O) groups is 1. The van der Waals surface area contributed by atoms with Crippen LogP contribution in [0.4, 0.5) is 0 Å². The molecule has 0 amide bonds. The summed E-state index contributed by atoms with van der Waals surface area (Å²) in [5.41, 5.74) is -1.38. The second-order valence-electron chi connectivity index (χ2n) is 5.16. The van der Waals surface area contributed by atoms with Gasteiger partial charge in [0.15, 0.2) is 0 Å². The van der Waals surface area contributed by atoms with E-state index in [1.807, 2.05) is 6.92 Å². The predicted octanol–water partition coefficient (Wildman–Crippen LogP) is 1.88. The molecular formula is C12H20O3. The first-order valence-electron chi connectivity index (χ1n) is 5.88. The van der Waals surface area contributed by atoms with Crippen LogP contribution in [-0.4, -0.2) is 23.8 Å². The summed E-state index contributed by atoms with van der Waals surface area (Å²) in [6, 6.07) is 0. The van der Waals surface area contributed by atoms with E-state index in [1.165, 1.54) is 13.5 Å². The zero-order valence-electron chi connectivity index (χ0n) is 9.58. The molecule has 0 bridgehead atoms. The molecule has 0 aromatic rings. The highest BCUT2D eigenvalue weighted by Crippen LogP contribution is 2.63. The molecule has 2 rings (SSSR count). The quantitative estimate of drug-likeness (QED) is 0.711. The lowest BCUT2D eigenvalue weighted by molar-refractivity contribution is -0.164. The molecule has 0 aromatic heterocycles. The van der Waals surface area contributed by atoms with E-state index in [0.29, 0.717) is 0 Å². The van der Waals surface area contributed by atoms with Crippen LogP contribution in [0, 0.1) is 11.3 Å². The van der Waals surface area contributed by atoms with Crippen LogP contribution in [0.15, 0.2) is 0 Å².